The number of rotatable bonds is 7. The first-order valence-electron chi connectivity index (χ1n) is 5.42. The summed E-state index contributed by atoms with van der Waals surface area (Å²) >= 11 is 3.80. The molecule has 0 saturated carbocycles. The summed E-state index contributed by atoms with van der Waals surface area (Å²) in [6, 6.07) is 0.574. The van der Waals surface area contributed by atoms with Gasteiger partial charge in [-0.2, -0.15) is 11.8 Å². The van der Waals surface area contributed by atoms with Gasteiger partial charge in [-0.3, -0.25) is 4.98 Å². The molecule has 15 heavy (non-hydrogen) atoms. The Bertz CT molecular complexity index is 249. The lowest BCUT2D eigenvalue weighted by Gasteiger charge is -2.17. The molecule has 1 heterocycles. The molecular weight excluding hydrogens is 224 g/mol. The summed E-state index contributed by atoms with van der Waals surface area (Å²) < 4.78 is 0. The summed E-state index contributed by atoms with van der Waals surface area (Å²) in [6.45, 7) is 4.54. The molecule has 0 radical (unpaired) electrons. The Morgan fingerprint density at radius 3 is 2.93 bits per heavy atom. The zero-order valence-electron chi connectivity index (χ0n) is 9.69. The summed E-state index contributed by atoms with van der Waals surface area (Å²) in [4.78, 5) is 5.48. The van der Waals surface area contributed by atoms with Crippen molar-refractivity contribution in [3.63, 3.8) is 0 Å². The number of aromatic nitrogens is 1. The molecule has 0 aromatic carbocycles. The van der Waals surface area contributed by atoms with Gasteiger partial charge in [0.15, 0.2) is 0 Å². The second kappa shape index (κ2) is 7.25. The molecule has 1 aromatic heterocycles. The van der Waals surface area contributed by atoms with Gasteiger partial charge in [-0.25, -0.2) is 0 Å². The van der Waals surface area contributed by atoms with Gasteiger partial charge in [0.2, 0.25) is 0 Å². The molecule has 4 heteroatoms. The summed E-state index contributed by atoms with van der Waals surface area (Å²) in [7, 11) is 2.04. The Morgan fingerprint density at radius 2 is 2.40 bits per heavy atom. The molecule has 1 N–H and O–H groups in total. The van der Waals surface area contributed by atoms with Crippen LogP contribution in [-0.2, 0) is 6.42 Å². The van der Waals surface area contributed by atoms with Crippen molar-refractivity contribution in [2.24, 2.45) is 0 Å². The van der Waals surface area contributed by atoms with Gasteiger partial charge in [0.1, 0.15) is 0 Å². The molecule has 86 valence electrons. The topological polar surface area (TPSA) is 24.9 Å². The Morgan fingerprint density at radius 1 is 1.60 bits per heavy atom. The minimum absolute atomic E-state index is 0.574. The van der Waals surface area contributed by atoms with Crippen molar-refractivity contribution in [1.29, 1.82) is 0 Å². The van der Waals surface area contributed by atoms with E-state index >= 15 is 0 Å². The van der Waals surface area contributed by atoms with Crippen LogP contribution in [0.3, 0.4) is 0 Å². The first kappa shape index (κ1) is 13.0. The Hall–Kier alpha value is -0.0600. The van der Waals surface area contributed by atoms with Gasteiger partial charge in [-0.1, -0.05) is 13.8 Å². The molecule has 0 fully saturated rings. The van der Waals surface area contributed by atoms with Crippen molar-refractivity contribution in [1.82, 2.24) is 10.3 Å². The van der Waals surface area contributed by atoms with E-state index in [-0.39, 0.29) is 0 Å². The van der Waals surface area contributed by atoms with Crippen LogP contribution in [0.4, 0.5) is 0 Å². The van der Waals surface area contributed by atoms with Gasteiger partial charge >= 0.3 is 0 Å². The van der Waals surface area contributed by atoms with Crippen molar-refractivity contribution in [3.8, 4) is 0 Å². The van der Waals surface area contributed by atoms with E-state index in [9.17, 15) is 0 Å². The SMILES string of the molecule is CCC(C)SCC(Cc1cncs1)NC. The van der Waals surface area contributed by atoms with Crippen LogP contribution in [0.1, 0.15) is 25.1 Å². The Kier molecular flexibility index (Phi) is 6.29. The minimum atomic E-state index is 0.574. The largest absolute Gasteiger partial charge is 0.316 e. The number of likely N-dealkylation sites (N-methyl/N-ethyl adjacent to an activating group) is 1. The molecule has 0 bridgehead atoms. The lowest BCUT2D eigenvalue weighted by molar-refractivity contribution is 0.620. The van der Waals surface area contributed by atoms with E-state index < -0.39 is 0 Å². The highest BCUT2D eigenvalue weighted by molar-refractivity contribution is 7.99. The summed E-state index contributed by atoms with van der Waals surface area (Å²) in [5, 5.41) is 4.14. The lowest BCUT2D eigenvalue weighted by atomic mass is 10.2. The lowest BCUT2D eigenvalue weighted by Crippen LogP contribution is -2.30. The number of thiazole rings is 1. The Labute approximate surface area is 101 Å². The third-order valence-corrected chi connectivity index (χ3v) is 4.80. The van der Waals surface area contributed by atoms with Crippen LogP contribution in [0.5, 0.6) is 0 Å². The second-order valence-electron chi connectivity index (χ2n) is 3.71. The maximum Gasteiger partial charge on any atom is 0.0794 e. The maximum atomic E-state index is 4.10. The fourth-order valence-corrected chi connectivity index (χ4v) is 2.99. The summed E-state index contributed by atoms with van der Waals surface area (Å²) in [5.74, 6) is 1.18. The second-order valence-corrected chi connectivity index (χ2v) is 6.15. The molecular formula is C11H20N2S2. The first-order valence-corrected chi connectivity index (χ1v) is 7.35. The van der Waals surface area contributed by atoms with Crippen LogP contribution in [0.15, 0.2) is 11.7 Å². The van der Waals surface area contributed by atoms with Crippen molar-refractivity contribution in [2.45, 2.75) is 38.0 Å². The van der Waals surface area contributed by atoms with Crippen LogP contribution < -0.4 is 5.32 Å². The van der Waals surface area contributed by atoms with Gasteiger partial charge in [-0.05, 0) is 19.9 Å². The third kappa shape index (κ3) is 5.00. The van der Waals surface area contributed by atoms with Crippen LogP contribution in [0.2, 0.25) is 0 Å². The number of hydrogen-bond donors (Lipinski definition) is 1. The quantitative estimate of drug-likeness (QED) is 0.798. The van der Waals surface area contributed by atoms with Crippen LogP contribution in [0.25, 0.3) is 0 Å². The van der Waals surface area contributed by atoms with E-state index in [1.165, 1.54) is 17.1 Å². The summed E-state index contributed by atoms with van der Waals surface area (Å²) in [5.41, 5.74) is 1.91. The predicted octanol–water partition coefficient (Wildman–Crippen LogP) is 2.81. The van der Waals surface area contributed by atoms with E-state index in [1.807, 2.05) is 18.8 Å². The van der Waals surface area contributed by atoms with E-state index in [4.69, 9.17) is 0 Å². The van der Waals surface area contributed by atoms with Crippen LogP contribution in [-0.4, -0.2) is 29.1 Å². The Balaban J connectivity index is 2.30. The average Bonchev–Trinajstić information content (AvgIpc) is 2.76. The highest BCUT2D eigenvalue weighted by Crippen LogP contribution is 2.17. The normalized spacial score (nSPS) is 15.1. The smallest absolute Gasteiger partial charge is 0.0794 e. The number of thioether (sulfide) groups is 1. The van der Waals surface area contributed by atoms with E-state index in [0.29, 0.717) is 6.04 Å². The molecule has 0 aliphatic rings. The first-order chi connectivity index (χ1) is 7.26. The number of hydrogen-bond acceptors (Lipinski definition) is 4. The van der Waals surface area contributed by atoms with Crippen LogP contribution >= 0.6 is 23.1 Å². The van der Waals surface area contributed by atoms with Crippen molar-refractivity contribution in [2.75, 3.05) is 12.8 Å². The fraction of sp³-hybridized carbons (Fsp3) is 0.727. The van der Waals surface area contributed by atoms with Gasteiger partial charge < -0.3 is 5.32 Å². The molecule has 0 amide bonds. The number of nitrogens with one attached hydrogen (secondary N) is 1. The monoisotopic (exact) mass is 244 g/mol. The molecule has 2 nitrogen and oxygen atoms in total. The number of nitrogens with zero attached hydrogens (tertiary/aromatic N) is 1. The molecule has 1 aromatic rings. The fourth-order valence-electron chi connectivity index (χ4n) is 1.23. The molecule has 2 unspecified atom stereocenters. The summed E-state index contributed by atoms with van der Waals surface area (Å²) in [6.07, 6.45) is 4.33. The van der Waals surface area contributed by atoms with Gasteiger partial charge in [0.05, 0.1) is 5.51 Å². The van der Waals surface area contributed by atoms with Gasteiger partial charge in [0, 0.05) is 28.1 Å². The maximum absolute atomic E-state index is 4.10. The molecule has 0 aliphatic heterocycles. The van der Waals surface area contributed by atoms with E-state index in [0.717, 1.165) is 11.7 Å². The van der Waals surface area contributed by atoms with Crippen LogP contribution in [0, 0.1) is 0 Å². The van der Waals surface area contributed by atoms with Crippen molar-refractivity contribution in [3.05, 3.63) is 16.6 Å². The van der Waals surface area contributed by atoms with Gasteiger partial charge in [0.25, 0.3) is 0 Å². The molecule has 2 atom stereocenters. The third-order valence-electron chi connectivity index (χ3n) is 2.50. The van der Waals surface area contributed by atoms with E-state index in [1.54, 1.807) is 11.3 Å². The van der Waals surface area contributed by atoms with Crippen molar-refractivity contribution >= 4 is 23.1 Å². The molecule has 0 aliphatic carbocycles. The van der Waals surface area contributed by atoms with E-state index in [2.05, 4.69) is 35.9 Å². The molecule has 0 saturated heterocycles. The molecule has 1 rings (SSSR count). The zero-order chi connectivity index (χ0) is 11.1. The van der Waals surface area contributed by atoms with Gasteiger partial charge in [-0.15, -0.1) is 11.3 Å². The predicted molar refractivity (Wildman–Crippen MR) is 70.9 cm³/mol. The zero-order valence-corrected chi connectivity index (χ0v) is 11.3. The highest BCUT2D eigenvalue weighted by atomic mass is 32.2. The average molecular weight is 244 g/mol. The molecule has 0 spiro atoms. The van der Waals surface area contributed by atoms with Crippen molar-refractivity contribution < 1.29 is 0 Å². The standard InChI is InChI=1S/C11H20N2S2/c1-4-9(2)14-7-10(12-3)5-11-6-13-8-15-11/h6,8-10,12H,4-5,7H2,1-3H3. The highest BCUT2D eigenvalue weighted by Gasteiger charge is 2.10. The minimum Gasteiger partial charge on any atom is -0.316 e.